The smallest absolute Gasteiger partial charge is 0.0638 e. The number of rotatable bonds is 4. The van der Waals surface area contributed by atoms with E-state index in [0.29, 0.717) is 0 Å². The second-order valence-electron chi connectivity index (χ2n) is 4.57. The average Bonchev–Trinajstić information content (AvgIpc) is 2.04. The Hall–Kier alpha value is -0.0800. The van der Waals surface area contributed by atoms with Gasteiger partial charge in [0.2, 0.25) is 0 Å². The van der Waals surface area contributed by atoms with Gasteiger partial charge in [0.05, 0.1) is 6.10 Å². The molecular formula is C11H23NO. The zero-order valence-electron chi connectivity index (χ0n) is 9.00. The van der Waals surface area contributed by atoms with Gasteiger partial charge in [-0.25, -0.2) is 0 Å². The van der Waals surface area contributed by atoms with E-state index in [9.17, 15) is 5.11 Å². The Labute approximate surface area is 81.9 Å². The van der Waals surface area contributed by atoms with Crippen LogP contribution in [0.1, 0.15) is 39.0 Å². The maximum absolute atomic E-state index is 9.21. The van der Waals surface area contributed by atoms with Crippen LogP contribution >= 0.6 is 0 Å². The summed E-state index contributed by atoms with van der Waals surface area (Å²) in [4.78, 5) is 2.26. The van der Waals surface area contributed by atoms with E-state index in [2.05, 4.69) is 11.9 Å². The van der Waals surface area contributed by atoms with Crippen molar-refractivity contribution in [2.45, 2.75) is 45.1 Å². The highest BCUT2D eigenvalue weighted by Crippen LogP contribution is 2.23. The largest absolute Gasteiger partial charge is 0.392 e. The lowest BCUT2D eigenvalue weighted by molar-refractivity contribution is 0.126. The first-order chi connectivity index (χ1) is 6.18. The zero-order chi connectivity index (χ0) is 9.68. The first-order valence-electron chi connectivity index (χ1n) is 5.55. The van der Waals surface area contributed by atoms with Crippen molar-refractivity contribution in [1.29, 1.82) is 0 Å². The van der Waals surface area contributed by atoms with Crippen LogP contribution in [0.15, 0.2) is 0 Å². The Balaban J connectivity index is 2.14. The molecule has 1 N–H and O–H groups in total. The van der Waals surface area contributed by atoms with Gasteiger partial charge in [0.15, 0.2) is 0 Å². The van der Waals surface area contributed by atoms with Crippen LogP contribution < -0.4 is 0 Å². The molecule has 1 unspecified atom stereocenters. The lowest BCUT2D eigenvalue weighted by Crippen LogP contribution is -2.32. The molecule has 1 aliphatic rings. The van der Waals surface area contributed by atoms with Crippen molar-refractivity contribution in [3.63, 3.8) is 0 Å². The van der Waals surface area contributed by atoms with E-state index in [4.69, 9.17) is 0 Å². The highest BCUT2D eigenvalue weighted by Gasteiger charge is 2.15. The van der Waals surface area contributed by atoms with Crippen LogP contribution in [0.5, 0.6) is 0 Å². The molecule has 78 valence electrons. The van der Waals surface area contributed by atoms with Crippen molar-refractivity contribution < 1.29 is 5.11 Å². The zero-order valence-corrected chi connectivity index (χ0v) is 9.00. The molecule has 2 nitrogen and oxygen atoms in total. The fourth-order valence-electron chi connectivity index (χ4n) is 2.34. The van der Waals surface area contributed by atoms with Gasteiger partial charge in [0.1, 0.15) is 0 Å². The van der Waals surface area contributed by atoms with Crippen molar-refractivity contribution in [2.24, 2.45) is 5.92 Å². The second kappa shape index (κ2) is 5.61. The predicted molar refractivity (Wildman–Crippen MR) is 55.8 cm³/mol. The van der Waals surface area contributed by atoms with Crippen LogP contribution in [-0.2, 0) is 0 Å². The van der Waals surface area contributed by atoms with E-state index in [-0.39, 0.29) is 6.10 Å². The monoisotopic (exact) mass is 185 g/mol. The van der Waals surface area contributed by atoms with Gasteiger partial charge < -0.3 is 10.0 Å². The third-order valence-electron chi connectivity index (χ3n) is 2.87. The van der Waals surface area contributed by atoms with Crippen LogP contribution in [0.2, 0.25) is 0 Å². The summed E-state index contributed by atoms with van der Waals surface area (Å²) in [5.74, 6) is 0.887. The van der Waals surface area contributed by atoms with E-state index < -0.39 is 0 Å². The number of nitrogens with zero attached hydrogens (tertiary/aromatic N) is 1. The Bertz CT molecular complexity index is 130. The molecule has 0 aromatic heterocycles. The van der Waals surface area contributed by atoms with E-state index >= 15 is 0 Å². The van der Waals surface area contributed by atoms with E-state index in [1.54, 1.807) is 0 Å². The van der Waals surface area contributed by atoms with Crippen molar-refractivity contribution in [3.8, 4) is 0 Å². The molecule has 1 fully saturated rings. The molecule has 0 aliphatic heterocycles. The molecule has 1 aliphatic carbocycles. The fourth-order valence-corrected chi connectivity index (χ4v) is 2.34. The predicted octanol–water partition coefficient (Wildman–Crippen LogP) is 1.88. The van der Waals surface area contributed by atoms with Gasteiger partial charge in [-0.3, -0.25) is 0 Å². The number of likely N-dealkylation sites (N-methyl/N-ethyl adjacent to an activating group) is 1. The molecule has 0 amide bonds. The third kappa shape index (κ3) is 4.63. The minimum absolute atomic E-state index is 0.186. The summed E-state index contributed by atoms with van der Waals surface area (Å²) in [6.45, 7) is 3.85. The Morgan fingerprint density at radius 1 is 1.31 bits per heavy atom. The second-order valence-corrected chi connectivity index (χ2v) is 4.57. The minimum atomic E-state index is -0.186. The molecule has 1 atom stereocenters. The minimum Gasteiger partial charge on any atom is -0.392 e. The van der Waals surface area contributed by atoms with Crippen molar-refractivity contribution in [2.75, 3.05) is 20.1 Å². The molecule has 0 bridgehead atoms. The number of hydrogen-bond donors (Lipinski definition) is 1. The van der Waals surface area contributed by atoms with Crippen LogP contribution in [0.4, 0.5) is 0 Å². The molecule has 0 aromatic rings. The fraction of sp³-hybridized carbons (Fsp3) is 1.00. The van der Waals surface area contributed by atoms with Gasteiger partial charge in [-0.2, -0.15) is 0 Å². The van der Waals surface area contributed by atoms with E-state index in [1.807, 2.05) is 6.92 Å². The van der Waals surface area contributed by atoms with Gasteiger partial charge in [-0.1, -0.05) is 19.3 Å². The van der Waals surface area contributed by atoms with Gasteiger partial charge in [0, 0.05) is 13.1 Å². The van der Waals surface area contributed by atoms with Gasteiger partial charge >= 0.3 is 0 Å². The maximum Gasteiger partial charge on any atom is 0.0638 e. The standard InChI is InChI=1S/C11H23NO/c1-10(13)8-12(2)9-11-6-4-3-5-7-11/h10-11,13H,3-9H2,1-2H3. The van der Waals surface area contributed by atoms with E-state index in [0.717, 1.165) is 12.5 Å². The van der Waals surface area contributed by atoms with Crippen LogP contribution in [0.25, 0.3) is 0 Å². The SMILES string of the molecule is CC(O)CN(C)CC1CCCCC1. The molecule has 13 heavy (non-hydrogen) atoms. The summed E-state index contributed by atoms with van der Waals surface area (Å²) < 4.78 is 0. The lowest BCUT2D eigenvalue weighted by atomic mass is 9.89. The summed E-state index contributed by atoms with van der Waals surface area (Å²) in [6, 6.07) is 0. The Morgan fingerprint density at radius 3 is 2.46 bits per heavy atom. The number of aliphatic hydroxyl groups excluding tert-OH is 1. The van der Waals surface area contributed by atoms with E-state index in [1.165, 1.54) is 38.6 Å². The van der Waals surface area contributed by atoms with Crippen molar-refractivity contribution in [1.82, 2.24) is 4.90 Å². The third-order valence-corrected chi connectivity index (χ3v) is 2.87. The molecule has 2 heteroatoms. The van der Waals surface area contributed by atoms with Crippen molar-refractivity contribution >= 4 is 0 Å². The normalized spacial score (nSPS) is 22.2. The Kier molecular flexibility index (Phi) is 4.74. The summed E-state index contributed by atoms with van der Waals surface area (Å²) in [5, 5.41) is 9.21. The lowest BCUT2D eigenvalue weighted by Gasteiger charge is -2.27. The van der Waals surface area contributed by atoms with Gasteiger partial charge in [-0.15, -0.1) is 0 Å². The van der Waals surface area contributed by atoms with Crippen LogP contribution in [0.3, 0.4) is 0 Å². The molecule has 1 rings (SSSR count). The van der Waals surface area contributed by atoms with Gasteiger partial charge in [0.25, 0.3) is 0 Å². The Morgan fingerprint density at radius 2 is 1.92 bits per heavy atom. The summed E-state index contributed by atoms with van der Waals surface area (Å²) in [7, 11) is 2.11. The molecule has 0 radical (unpaired) electrons. The molecule has 0 heterocycles. The summed E-state index contributed by atoms with van der Waals surface area (Å²) >= 11 is 0. The molecule has 0 spiro atoms. The van der Waals surface area contributed by atoms with Crippen LogP contribution in [0, 0.1) is 5.92 Å². The first kappa shape index (κ1) is 11.0. The average molecular weight is 185 g/mol. The molecule has 0 saturated heterocycles. The number of aliphatic hydroxyl groups is 1. The van der Waals surface area contributed by atoms with Crippen LogP contribution in [-0.4, -0.2) is 36.2 Å². The summed E-state index contributed by atoms with van der Waals surface area (Å²) in [5.41, 5.74) is 0. The quantitative estimate of drug-likeness (QED) is 0.723. The molecule has 0 aromatic carbocycles. The van der Waals surface area contributed by atoms with Crippen molar-refractivity contribution in [3.05, 3.63) is 0 Å². The topological polar surface area (TPSA) is 23.5 Å². The summed E-state index contributed by atoms with van der Waals surface area (Å²) in [6.07, 6.45) is 6.85. The highest BCUT2D eigenvalue weighted by atomic mass is 16.3. The molecular weight excluding hydrogens is 162 g/mol. The molecule has 1 saturated carbocycles. The first-order valence-corrected chi connectivity index (χ1v) is 5.55. The highest BCUT2D eigenvalue weighted by molar-refractivity contribution is 4.69. The number of hydrogen-bond acceptors (Lipinski definition) is 2. The van der Waals surface area contributed by atoms with Gasteiger partial charge in [-0.05, 0) is 32.7 Å². The maximum atomic E-state index is 9.21.